The fourth-order valence-corrected chi connectivity index (χ4v) is 3.58. The highest BCUT2D eigenvalue weighted by atomic mass is 32.1. The molecule has 0 aliphatic heterocycles. The number of H-pyrrole nitrogens is 1. The molecule has 0 radical (unpaired) electrons. The van der Waals surface area contributed by atoms with Crippen LogP contribution in [0.1, 0.15) is 11.3 Å². The molecule has 122 valence electrons. The monoisotopic (exact) mass is 347 g/mol. The third kappa shape index (κ3) is 2.95. The Bertz CT molecular complexity index is 1160. The molecule has 0 atom stereocenters. The second kappa shape index (κ2) is 6.34. The van der Waals surface area contributed by atoms with Gasteiger partial charge >= 0.3 is 0 Å². The fourth-order valence-electron chi connectivity index (χ4n) is 2.67. The molecule has 0 saturated heterocycles. The first-order valence-corrected chi connectivity index (χ1v) is 8.57. The van der Waals surface area contributed by atoms with Crippen LogP contribution in [0.3, 0.4) is 0 Å². The molecule has 7 heteroatoms. The molecular weight excluding hydrogens is 334 g/mol. The minimum Gasteiger partial charge on any atom is -0.361 e. The number of pyridine rings is 2. The molecule has 3 aromatic heterocycles. The highest BCUT2D eigenvalue weighted by Crippen LogP contribution is 2.30. The Morgan fingerprint density at radius 1 is 1.28 bits per heavy atom. The van der Waals surface area contributed by atoms with Crippen molar-refractivity contribution in [3.8, 4) is 6.07 Å². The molecule has 0 unspecified atom stereocenters. The summed E-state index contributed by atoms with van der Waals surface area (Å²) in [5.41, 5.74) is 2.21. The van der Waals surface area contributed by atoms with Gasteiger partial charge in [-0.15, -0.1) is 0 Å². The fraction of sp³-hybridized carbons (Fsp3) is 0.111. The van der Waals surface area contributed by atoms with E-state index in [4.69, 9.17) is 5.26 Å². The quantitative estimate of drug-likeness (QED) is 0.592. The van der Waals surface area contributed by atoms with E-state index in [9.17, 15) is 4.79 Å². The SMILES string of the molecule is N#Cc1cc2c(ccc3sc(NCCc4ccccn4)nc32)[nH]c1=O. The Morgan fingerprint density at radius 2 is 2.20 bits per heavy atom. The van der Waals surface area contributed by atoms with Gasteiger partial charge < -0.3 is 10.3 Å². The van der Waals surface area contributed by atoms with E-state index in [0.717, 1.165) is 39.4 Å². The Balaban J connectivity index is 1.64. The molecule has 0 aliphatic carbocycles. The number of nitrogens with zero attached hydrogens (tertiary/aromatic N) is 3. The van der Waals surface area contributed by atoms with E-state index in [1.54, 1.807) is 23.6 Å². The predicted molar refractivity (Wildman–Crippen MR) is 98.9 cm³/mol. The van der Waals surface area contributed by atoms with Crippen molar-refractivity contribution < 1.29 is 0 Å². The van der Waals surface area contributed by atoms with Gasteiger partial charge in [-0.25, -0.2) is 4.98 Å². The zero-order chi connectivity index (χ0) is 17.2. The smallest absolute Gasteiger partial charge is 0.266 e. The summed E-state index contributed by atoms with van der Waals surface area (Å²) < 4.78 is 1.00. The molecule has 4 aromatic rings. The van der Waals surface area contributed by atoms with Gasteiger partial charge in [0.25, 0.3) is 5.56 Å². The van der Waals surface area contributed by atoms with Crippen LogP contribution in [0.15, 0.2) is 47.4 Å². The minimum absolute atomic E-state index is 0.0951. The molecule has 0 aliphatic rings. The first kappa shape index (κ1) is 15.3. The van der Waals surface area contributed by atoms with E-state index in [1.165, 1.54) is 0 Å². The van der Waals surface area contributed by atoms with Gasteiger partial charge in [-0.3, -0.25) is 9.78 Å². The standard InChI is InChI=1S/C18H13N5OS/c19-10-11-9-13-14(22-17(11)24)4-5-15-16(13)23-18(25-15)21-8-6-12-3-1-2-7-20-12/h1-5,7,9H,6,8H2,(H,21,23)(H,22,24). The molecule has 3 heterocycles. The Morgan fingerprint density at radius 3 is 3.00 bits per heavy atom. The summed E-state index contributed by atoms with van der Waals surface area (Å²) in [5.74, 6) is 0. The molecular formula is C18H13N5OS. The van der Waals surface area contributed by atoms with Crippen molar-refractivity contribution >= 4 is 37.6 Å². The van der Waals surface area contributed by atoms with Crippen molar-refractivity contribution in [1.82, 2.24) is 15.0 Å². The maximum absolute atomic E-state index is 11.8. The number of rotatable bonds is 4. The van der Waals surface area contributed by atoms with Crippen LogP contribution in [0.4, 0.5) is 5.13 Å². The van der Waals surface area contributed by atoms with E-state index in [2.05, 4.69) is 20.3 Å². The van der Waals surface area contributed by atoms with E-state index in [0.29, 0.717) is 5.52 Å². The third-order valence-corrected chi connectivity index (χ3v) is 4.86. The maximum atomic E-state index is 11.8. The number of nitriles is 1. The lowest BCUT2D eigenvalue weighted by atomic mass is 10.1. The normalized spacial score (nSPS) is 10.8. The van der Waals surface area contributed by atoms with Crippen molar-refractivity contribution in [3.05, 3.63) is 64.2 Å². The lowest BCUT2D eigenvalue weighted by Gasteiger charge is -2.01. The molecule has 4 rings (SSSR count). The van der Waals surface area contributed by atoms with Crippen molar-refractivity contribution in [2.45, 2.75) is 6.42 Å². The summed E-state index contributed by atoms with van der Waals surface area (Å²) in [6, 6.07) is 13.2. The third-order valence-electron chi connectivity index (χ3n) is 3.89. The van der Waals surface area contributed by atoms with Crippen molar-refractivity contribution in [2.75, 3.05) is 11.9 Å². The van der Waals surface area contributed by atoms with Gasteiger partial charge in [0.15, 0.2) is 5.13 Å². The van der Waals surface area contributed by atoms with Crippen LogP contribution >= 0.6 is 11.3 Å². The largest absolute Gasteiger partial charge is 0.361 e. The van der Waals surface area contributed by atoms with Gasteiger partial charge in [-0.1, -0.05) is 17.4 Å². The van der Waals surface area contributed by atoms with E-state index in [1.807, 2.05) is 36.4 Å². The summed E-state index contributed by atoms with van der Waals surface area (Å²) in [7, 11) is 0. The number of fused-ring (bicyclic) bond motifs is 3. The summed E-state index contributed by atoms with van der Waals surface area (Å²) >= 11 is 1.55. The summed E-state index contributed by atoms with van der Waals surface area (Å²) in [5, 5.41) is 14.0. The molecule has 1 aromatic carbocycles. The molecule has 25 heavy (non-hydrogen) atoms. The molecule has 2 N–H and O–H groups in total. The lowest BCUT2D eigenvalue weighted by Crippen LogP contribution is -2.09. The number of anilines is 1. The zero-order valence-corrected chi connectivity index (χ0v) is 13.9. The van der Waals surface area contributed by atoms with Crippen LogP contribution in [-0.4, -0.2) is 21.5 Å². The Kier molecular flexibility index (Phi) is 3.88. The topological polar surface area (TPSA) is 94.5 Å². The van der Waals surface area contributed by atoms with Gasteiger partial charge in [0.2, 0.25) is 0 Å². The summed E-state index contributed by atoms with van der Waals surface area (Å²) in [6.45, 7) is 0.731. The molecule has 0 bridgehead atoms. The average Bonchev–Trinajstić information content (AvgIpc) is 3.05. The zero-order valence-electron chi connectivity index (χ0n) is 13.1. The molecule has 0 fully saturated rings. The van der Waals surface area contributed by atoms with Crippen LogP contribution in [-0.2, 0) is 6.42 Å². The second-order valence-electron chi connectivity index (χ2n) is 5.51. The van der Waals surface area contributed by atoms with Gasteiger partial charge in [0.05, 0.1) is 15.7 Å². The van der Waals surface area contributed by atoms with Crippen molar-refractivity contribution in [1.29, 1.82) is 5.26 Å². The lowest BCUT2D eigenvalue weighted by molar-refractivity contribution is 0.960. The highest BCUT2D eigenvalue weighted by molar-refractivity contribution is 7.22. The van der Waals surface area contributed by atoms with E-state index >= 15 is 0 Å². The van der Waals surface area contributed by atoms with Crippen molar-refractivity contribution in [2.24, 2.45) is 0 Å². The second-order valence-corrected chi connectivity index (χ2v) is 6.54. The Labute approximate surface area is 146 Å². The van der Waals surface area contributed by atoms with Gasteiger partial charge in [-0.2, -0.15) is 5.26 Å². The van der Waals surface area contributed by atoms with Crippen LogP contribution in [0, 0.1) is 11.3 Å². The highest BCUT2D eigenvalue weighted by Gasteiger charge is 2.10. The molecule has 0 amide bonds. The predicted octanol–water partition coefficient (Wildman–Crippen LogP) is 3.06. The Hall–Kier alpha value is -3.24. The number of aromatic amines is 1. The average molecular weight is 347 g/mol. The number of nitrogens with one attached hydrogen (secondary N) is 2. The molecule has 0 spiro atoms. The first-order chi connectivity index (χ1) is 12.2. The number of aromatic nitrogens is 3. The number of hydrogen-bond acceptors (Lipinski definition) is 6. The van der Waals surface area contributed by atoms with Gasteiger partial charge in [0, 0.05) is 30.2 Å². The molecule has 0 saturated carbocycles. The van der Waals surface area contributed by atoms with Crippen LogP contribution < -0.4 is 10.9 Å². The number of benzene rings is 1. The van der Waals surface area contributed by atoms with Crippen molar-refractivity contribution in [3.63, 3.8) is 0 Å². The number of hydrogen-bond donors (Lipinski definition) is 2. The van der Waals surface area contributed by atoms with E-state index in [-0.39, 0.29) is 11.1 Å². The number of thiazole rings is 1. The van der Waals surface area contributed by atoms with Gasteiger partial charge in [-0.05, 0) is 30.3 Å². The summed E-state index contributed by atoms with van der Waals surface area (Å²) in [4.78, 5) is 23.4. The summed E-state index contributed by atoms with van der Waals surface area (Å²) in [6.07, 6.45) is 2.59. The first-order valence-electron chi connectivity index (χ1n) is 7.75. The van der Waals surface area contributed by atoms with Crippen LogP contribution in [0.5, 0.6) is 0 Å². The molecule has 6 nitrogen and oxygen atoms in total. The van der Waals surface area contributed by atoms with E-state index < -0.39 is 0 Å². The van der Waals surface area contributed by atoms with Crippen LogP contribution in [0.2, 0.25) is 0 Å². The van der Waals surface area contributed by atoms with Crippen LogP contribution in [0.25, 0.3) is 21.1 Å². The van der Waals surface area contributed by atoms with Gasteiger partial charge in [0.1, 0.15) is 11.6 Å². The minimum atomic E-state index is -0.377. The maximum Gasteiger partial charge on any atom is 0.266 e.